The van der Waals surface area contributed by atoms with Crippen molar-refractivity contribution in [2.75, 3.05) is 26.2 Å². The molecule has 1 aliphatic rings. The smallest absolute Gasteiger partial charge is 0.340 e. The Balaban J connectivity index is 1.74. The number of carbonyl (C=O) groups excluding carboxylic acids is 2. The highest BCUT2D eigenvalue weighted by Gasteiger charge is 2.33. The van der Waals surface area contributed by atoms with Gasteiger partial charge in [0, 0.05) is 31.9 Å². The summed E-state index contributed by atoms with van der Waals surface area (Å²) >= 11 is 0. The van der Waals surface area contributed by atoms with Gasteiger partial charge in [0.15, 0.2) is 0 Å². The van der Waals surface area contributed by atoms with E-state index in [1.807, 2.05) is 0 Å². The van der Waals surface area contributed by atoms with Gasteiger partial charge in [-0.15, -0.1) is 0 Å². The minimum atomic E-state index is -3.99. The van der Waals surface area contributed by atoms with Crippen molar-refractivity contribution in [3.05, 3.63) is 52.6 Å². The molecule has 1 fully saturated rings. The fraction of sp³-hybridized carbons (Fsp3) is 0.429. The van der Waals surface area contributed by atoms with Crippen LogP contribution in [0.3, 0.4) is 0 Å². The number of hydrogen-bond donors (Lipinski definition) is 1. The number of aromatic amines is 1. The number of hydrogen-bond acceptors (Lipinski definition) is 5. The molecule has 10 heteroatoms. The molecule has 2 heterocycles. The number of nitrogens with zero attached hydrogens (tertiary/aromatic N) is 2. The molecule has 0 aliphatic carbocycles. The van der Waals surface area contributed by atoms with Crippen molar-refractivity contribution in [3.63, 3.8) is 0 Å². The first-order valence-electron chi connectivity index (χ1n) is 9.98. The van der Waals surface area contributed by atoms with Gasteiger partial charge < -0.3 is 14.6 Å². The number of sulfonamides is 1. The van der Waals surface area contributed by atoms with Gasteiger partial charge in [0.1, 0.15) is 16.4 Å². The fourth-order valence-corrected chi connectivity index (χ4v) is 5.11. The number of rotatable bonds is 5. The van der Waals surface area contributed by atoms with Gasteiger partial charge in [-0.1, -0.05) is 12.1 Å². The molecule has 0 saturated carbocycles. The Hall–Kier alpha value is -2.72. The highest BCUT2D eigenvalue weighted by Crippen LogP contribution is 2.24. The molecule has 0 atom stereocenters. The highest BCUT2D eigenvalue weighted by atomic mass is 32.2. The number of aromatic nitrogens is 1. The first-order chi connectivity index (χ1) is 14.5. The van der Waals surface area contributed by atoms with Crippen LogP contribution in [0.25, 0.3) is 0 Å². The minimum absolute atomic E-state index is 0.0450. The Bertz CT molecular complexity index is 1100. The number of ether oxygens (including phenoxy) is 1. The standard InChI is InChI=1S/C21H26FN3O5S/c1-13(2)30-21(27)18-14(3)19(23-15(18)4)20(26)24-9-11-25(12-10-24)31(28,29)17-8-6-5-7-16(17)22/h5-8,13,23H,9-12H2,1-4H3. The number of carbonyl (C=O) groups is 2. The van der Waals surface area contributed by atoms with Gasteiger partial charge in [-0.05, 0) is 45.4 Å². The quantitative estimate of drug-likeness (QED) is 0.704. The van der Waals surface area contributed by atoms with Gasteiger partial charge in [-0.3, -0.25) is 4.79 Å². The predicted molar refractivity (Wildman–Crippen MR) is 112 cm³/mol. The molecule has 0 spiro atoms. The van der Waals surface area contributed by atoms with Crippen LogP contribution in [-0.2, 0) is 14.8 Å². The molecule has 0 radical (unpaired) electrons. The molecule has 168 valence electrons. The second kappa shape index (κ2) is 8.80. The number of benzene rings is 1. The number of nitrogens with one attached hydrogen (secondary N) is 1. The van der Waals surface area contributed by atoms with E-state index in [9.17, 15) is 22.4 Å². The third-order valence-electron chi connectivity index (χ3n) is 5.18. The van der Waals surface area contributed by atoms with Crippen LogP contribution in [0.2, 0.25) is 0 Å². The lowest BCUT2D eigenvalue weighted by Crippen LogP contribution is -2.50. The molecule has 1 aliphatic heterocycles. The van der Waals surface area contributed by atoms with E-state index in [1.165, 1.54) is 27.4 Å². The van der Waals surface area contributed by atoms with E-state index >= 15 is 0 Å². The summed E-state index contributed by atoms with van der Waals surface area (Å²) in [5.41, 5.74) is 1.64. The molecule has 31 heavy (non-hydrogen) atoms. The summed E-state index contributed by atoms with van der Waals surface area (Å²) in [4.78, 5) is 29.5. The van der Waals surface area contributed by atoms with Crippen LogP contribution < -0.4 is 0 Å². The van der Waals surface area contributed by atoms with E-state index in [4.69, 9.17) is 4.74 Å². The first kappa shape index (κ1) is 23.0. The van der Waals surface area contributed by atoms with Gasteiger partial charge in [-0.25, -0.2) is 17.6 Å². The second-order valence-electron chi connectivity index (χ2n) is 7.71. The van der Waals surface area contributed by atoms with Crippen LogP contribution in [-0.4, -0.2) is 66.8 Å². The van der Waals surface area contributed by atoms with E-state index in [0.717, 1.165) is 6.07 Å². The molecule has 1 saturated heterocycles. The van der Waals surface area contributed by atoms with E-state index in [2.05, 4.69) is 4.98 Å². The summed E-state index contributed by atoms with van der Waals surface area (Å²) < 4.78 is 45.9. The summed E-state index contributed by atoms with van der Waals surface area (Å²) in [5, 5.41) is 0. The van der Waals surface area contributed by atoms with Gasteiger partial charge in [-0.2, -0.15) is 4.31 Å². The maximum absolute atomic E-state index is 14.0. The van der Waals surface area contributed by atoms with Crippen LogP contribution in [0.5, 0.6) is 0 Å². The molecule has 2 aromatic rings. The van der Waals surface area contributed by atoms with Crippen molar-refractivity contribution in [2.45, 2.75) is 38.7 Å². The molecular weight excluding hydrogens is 425 g/mol. The van der Waals surface area contributed by atoms with Crippen LogP contribution >= 0.6 is 0 Å². The SMILES string of the molecule is Cc1[nH]c(C(=O)N2CCN(S(=O)(=O)c3ccccc3F)CC2)c(C)c1C(=O)OC(C)C. The van der Waals surface area contributed by atoms with Gasteiger partial charge in [0.2, 0.25) is 10.0 Å². The zero-order valence-electron chi connectivity index (χ0n) is 17.9. The zero-order valence-corrected chi connectivity index (χ0v) is 18.8. The summed E-state index contributed by atoms with van der Waals surface area (Å²) in [5.74, 6) is -1.63. The molecule has 0 bridgehead atoms. The topological polar surface area (TPSA) is 99.8 Å². The van der Waals surface area contributed by atoms with Crippen LogP contribution in [0.15, 0.2) is 29.2 Å². The number of amides is 1. The normalized spacial score (nSPS) is 15.4. The van der Waals surface area contributed by atoms with Gasteiger partial charge in [0.05, 0.1) is 11.7 Å². The minimum Gasteiger partial charge on any atom is -0.459 e. The Morgan fingerprint density at radius 2 is 1.71 bits per heavy atom. The van der Waals surface area contributed by atoms with Crippen LogP contribution in [0.1, 0.15) is 46.0 Å². The highest BCUT2D eigenvalue weighted by molar-refractivity contribution is 7.89. The Morgan fingerprint density at radius 1 is 1.10 bits per heavy atom. The number of esters is 1. The molecule has 0 unspecified atom stereocenters. The second-order valence-corrected chi connectivity index (χ2v) is 9.61. The lowest BCUT2D eigenvalue weighted by Gasteiger charge is -2.34. The van der Waals surface area contributed by atoms with Crippen molar-refractivity contribution >= 4 is 21.9 Å². The largest absolute Gasteiger partial charge is 0.459 e. The van der Waals surface area contributed by atoms with E-state index in [0.29, 0.717) is 16.8 Å². The first-order valence-corrected chi connectivity index (χ1v) is 11.4. The van der Waals surface area contributed by atoms with Gasteiger partial charge >= 0.3 is 5.97 Å². The number of H-pyrrole nitrogens is 1. The summed E-state index contributed by atoms with van der Waals surface area (Å²) in [7, 11) is -3.99. The fourth-order valence-electron chi connectivity index (χ4n) is 3.63. The monoisotopic (exact) mass is 451 g/mol. The van der Waals surface area contributed by atoms with Crippen molar-refractivity contribution in [1.29, 1.82) is 0 Å². The lowest BCUT2D eigenvalue weighted by molar-refractivity contribution is 0.0376. The molecular formula is C21H26FN3O5S. The average molecular weight is 452 g/mol. The molecule has 1 amide bonds. The Kier molecular flexibility index (Phi) is 6.51. The van der Waals surface area contributed by atoms with Crippen molar-refractivity contribution < 1.29 is 27.1 Å². The number of halogens is 1. The molecule has 8 nitrogen and oxygen atoms in total. The summed E-state index contributed by atoms with van der Waals surface area (Å²) in [6.07, 6.45) is -0.287. The van der Waals surface area contributed by atoms with E-state index < -0.39 is 21.8 Å². The lowest BCUT2D eigenvalue weighted by atomic mass is 10.1. The summed E-state index contributed by atoms with van der Waals surface area (Å²) in [6, 6.07) is 5.22. The zero-order chi connectivity index (χ0) is 22.9. The van der Waals surface area contributed by atoms with Crippen LogP contribution in [0.4, 0.5) is 4.39 Å². The molecule has 3 rings (SSSR count). The maximum atomic E-state index is 14.0. The molecule has 1 aromatic heterocycles. The predicted octanol–water partition coefficient (Wildman–Crippen LogP) is 2.48. The van der Waals surface area contributed by atoms with Crippen molar-refractivity contribution in [1.82, 2.24) is 14.2 Å². The number of piperazine rings is 1. The maximum Gasteiger partial charge on any atom is 0.340 e. The number of aryl methyl sites for hydroxylation is 1. The van der Waals surface area contributed by atoms with Crippen molar-refractivity contribution in [2.24, 2.45) is 0 Å². The van der Waals surface area contributed by atoms with E-state index in [1.54, 1.807) is 27.7 Å². The Morgan fingerprint density at radius 3 is 2.29 bits per heavy atom. The van der Waals surface area contributed by atoms with Crippen molar-refractivity contribution in [3.8, 4) is 0 Å². The van der Waals surface area contributed by atoms with E-state index in [-0.39, 0.29) is 48.8 Å². The Labute approximate surface area is 181 Å². The summed E-state index contributed by atoms with van der Waals surface area (Å²) in [6.45, 7) is 7.25. The molecule has 1 N–H and O–H groups in total. The van der Waals surface area contributed by atoms with Gasteiger partial charge in [0.25, 0.3) is 5.91 Å². The third-order valence-corrected chi connectivity index (χ3v) is 7.11. The molecule has 1 aromatic carbocycles. The van der Waals surface area contributed by atoms with Crippen LogP contribution in [0, 0.1) is 19.7 Å². The third kappa shape index (κ3) is 4.49. The average Bonchev–Trinajstić information content (AvgIpc) is 3.01.